The number of rotatable bonds is 7. The first kappa shape index (κ1) is 15.9. The average molecular weight is 305 g/mol. The topological polar surface area (TPSA) is 39.7 Å². The van der Waals surface area contributed by atoms with Gasteiger partial charge in [0.05, 0.1) is 6.10 Å². The number of hydrogen-bond donors (Lipinski definition) is 1. The Morgan fingerprint density at radius 1 is 1.19 bits per heavy atom. The lowest BCUT2D eigenvalue weighted by molar-refractivity contribution is -0.274. The maximum absolute atomic E-state index is 12.0. The summed E-state index contributed by atoms with van der Waals surface area (Å²) in [6.07, 6.45) is -2.21. The largest absolute Gasteiger partial charge is 0.573 e. The quantitative estimate of drug-likeness (QED) is 0.786. The Balaban J connectivity index is 1.62. The number of ether oxygens (including phenoxy) is 3. The van der Waals surface area contributed by atoms with Crippen LogP contribution in [0, 0.1) is 0 Å². The fourth-order valence-corrected chi connectivity index (χ4v) is 2.05. The van der Waals surface area contributed by atoms with Gasteiger partial charge in [-0.15, -0.1) is 13.2 Å². The van der Waals surface area contributed by atoms with Gasteiger partial charge in [0.15, 0.2) is 0 Å². The fourth-order valence-electron chi connectivity index (χ4n) is 2.05. The molecular weight excluding hydrogens is 287 g/mol. The fraction of sp³-hybridized carbons (Fsp3) is 0.571. The third-order valence-electron chi connectivity index (χ3n) is 3.00. The molecule has 1 N–H and O–H groups in total. The summed E-state index contributed by atoms with van der Waals surface area (Å²) in [5, 5.41) is 3.22. The minimum atomic E-state index is -4.67. The van der Waals surface area contributed by atoms with Gasteiger partial charge < -0.3 is 19.5 Å². The molecule has 21 heavy (non-hydrogen) atoms. The lowest BCUT2D eigenvalue weighted by atomic mass is 10.2. The Morgan fingerprint density at radius 2 is 1.90 bits per heavy atom. The van der Waals surface area contributed by atoms with Crippen LogP contribution in [0.3, 0.4) is 0 Å². The van der Waals surface area contributed by atoms with E-state index in [0.29, 0.717) is 18.9 Å². The predicted molar refractivity (Wildman–Crippen MR) is 70.5 cm³/mol. The van der Waals surface area contributed by atoms with E-state index in [1.165, 1.54) is 24.3 Å². The van der Waals surface area contributed by atoms with Gasteiger partial charge in [-0.25, -0.2) is 0 Å². The van der Waals surface area contributed by atoms with Gasteiger partial charge in [0.1, 0.15) is 18.1 Å². The van der Waals surface area contributed by atoms with Gasteiger partial charge in [-0.3, -0.25) is 0 Å². The van der Waals surface area contributed by atoms with Crippen molar-refractivity contribution < 1.29 is 27.4 Å². The smallest absolute Gasteiger partial charge is 0.492 e. The third kappa shape index (κ3) is 6.22. The van der Waals surface area contributed by atoms with Crippen LogP contribution in [0.1, 0.15) is 12.8 Å². The molecule has 0 aliphatic carbocycles. The first-order chi connectivity index (χ1) is 10.0. The van der Waals surface area contributed by atoms with Crippen molar-refractivity contribution >= 4 is 0 Å². The maximum Gasteiger partial charge on any atom is 0.573 e. The zero-order valence-electron chi connectivity index (χ0n) is 11.5. The molecule has 1 saturated heterocycles. The molecule has 2 rings (SSSR count). The summed E-state index contributed by atoms with van der Waals surface area (Å²) in [6, 6.07) is 5.34. The molecule has 1 aromatic rings. The van der Waals surface area contributed by atoms with Crippen molar-refractivity contribution in [2.75, 3.05) is 26.3 Å². The summed E-state index contributed by atoms with van der Waals surface area (Å²) in [7, 11) is 0. The van der Waals surface area contributed by atoms with E-state index >= 15 is 0 Å². The van der Waals surface area contributed by atoms with Crippen molar-refractivity contribution in [3.8, 4) is 11.5 Å². The molecule has 0 spiro atoms. The molecule has 0 aromatic heterocycles. The first-order valence-electron chi connectivity index (χ1n) is 6.84. The minimum absolute atomic E-state index is 0.258. The molecule has 4 nitrogen and oxygen atoms in total. The van der Waals surface area contributed by atoms with Gasteiger partial charge in [-0.2, -0.15) is 0 Å². The van der Waals surface area contributed by atoms with Crippen LogP contribution < -0.4 is 14.8 Å². The molecule has 1 atom stereocenters. The SMILES string of the molecule is FC(F)(F)Oc1ccc(OCCNCC2CCCO2)cc1. The van der Waals surface area contributed by atoms with Crippen molar-refractivity contribution in [3.05, 3.63) is 24.3 Å². The molecule has 0 radical (unpaired) electrons. The van der Waals surface area contributed by atoms with Crippen LogP contribution in [-0.2, 0) is 4.74 Å². The summed E-state index contributed by atoms with van der Waals surface area (Å²) < 4.78 is 50.6. The zero-order valence-corrected chi connectivity index (χ0v) is 11.5. The zero-order chi connectivity index (χ0) is 15.1. The van der Waals surface area contributed by atoms with Crippen molar-refractivity contribution in [2.24, 2.45) is 0 Å². The number of hydrogen-bond acceptors (Lipinski definition) is 4. The number of nitrogens with one attached hydrogen (secondary N) is 1. The molecule has 0 amide bonds. The van der Waals surface area contributed by atoms with E-state index in [1.807, 2.05) is 0 Å². The summed E-state index contributed by atoms with van der Waals surface area (Å²) in [6.45, 7) is 2.71. The normalized spacial score (nSPS) is 18.7. The highest BCUT2D eigenvalue weighted by Gasteiger charge is 2.30. The van der Waals surface area contributed by atoms with Gasteiger partial charge in [0.2, 0.25) is 0 Å². The van der Waals surface area contributed by atoms with Crippen molar-refractivity contribution in [1.29, 1.82) is 0 Å². The van der Waals surface area contributed by atoms with Crippen LogP contribution in [0.25, 0.3) is 0 Å². The van der Waals surface area contributed by atoms with E-state index < -0.39 is 6.36 Å². The Hall–Kier alpha value is -1.47. The second-order valence-corrected chi connectivity index (χ2v) is 4.71. The highest BCUT2D eigenvalue weighted by molar-refractivity contribution is 5.31. The van der Waals surface area contributed by atoms with Crippen LogP contribution in [0.15, 0.2) is 24.3 Å². The average Bonchev–Trinajstić information content (AvgIpc) is 2.92. The number of alkyl halides is 3. The molecule has 1 unspecified atom stereocenters. The lowest BCUT2D eigenvalue weighted by Crippen LogP contribution is -2.29. The Labute approximate surface area is 121 Å². The molecule has 1 aromatic carbocycles. The van der Waals surface area contributed by atoms with Gasteiger partial charge >= 0.3 is 6.36 Å². The first-order valence-corrected chi connectivity index (χ1v) is 6.84. The van der Waals surface area contributed by atoms with E-state index in [2.05, 4.69) is 10.1 Å². The summed E-state index contributed by atoms with van der Waals surface area (Å²) in [5.74, 6) is 0.245. The van der Waals surface area contributed by atoms with Gasteiger partial charge in [0, 0.05) is 19.7 Å². The number of halogens is 3. The Morgan fingerprint density at radius 3 is 2.52 bits per heavy atom. The summed E-state index contributed by atoms with van der Waals surface area (Å²) in [4.78, 5) is 0. The molecule has 0 bridgehead atoms. The summed E-state index contributed by atoms with van der Waals surface area (Å²) >= 11 is 0. The Bertz CT molecular complexity index is 416. The molecule has 7 heteroatoms. The van der Waals surface area contributed by atoms with Crippen LogP contribution in [0.4, 0.5) is 13.2 Å². The van der Waals surface area contributed by atoms with Gasteiger partial charge in [0.25, 0.3) is 0 Å². The van der Waals surface area contributed by atoms with Crippen molar-refractivity contribution in [1.82, 2.24) is 5.32 Å². The van der Waals surface area contributed by atoms with E-state index in [1.54, 1.807) is 0 Å². The van der Waals surface area contributed by atoms with Crippen LogP contribution in [0.5, 0.6) is 11.5 Å². The van der Waals surface area contributed by atoms with Crippen molar-refractivity contribution in [2.45, 2.75) is 25.3 Å². The molecule has 1 aliphatic heterocycles. The lowest BCUT2D eigenvalue weighted by Gasteiger charge is -2.12. The molecule has 0 saturated carbocycles. The predicted octanol–water partition coefficient (Wildman–Crippen LogP) is 2.73. The summed E-state index contributed by atoms with van der Waals surface area (Å²) in [5.41, 5.74) is 0. The molecule has 1 fully saturated rings. The maximum atomic E-state index is 12.0. The second-order valence-electron chi connectivity index (χ2n) is 4.71. The van der Waals surface area contributed by atoms with Crippen LogP contribution in [-0.4, -0.2) is 38.8 Å². The van der Waals surface area contributed by atoms with Crippen molar-refractivity contribution in [3.63, 3.8) is 0 Å². The number of benzene rings is 1. The van der Waals surface area contributed by atoms with E-state index in [0.717, 1.165) is 26.0 Å². The van der Waals surface area contributed by atoms with E-state index in [9.17, 15) is 13.2 Å². The monoisotopic (exact) mass is 305 g/mol. The van der Waals surface area contributed by atoms with E-state index in [4.69, 9.17) is 9.47 Å². The van der Waals surface area contributed by atoms with Crippen LogP contribution >= 0.6 is 0 Å². The van der Waals surface area contributed by atoms with Gasteiger partial charge in [-0.05, 0) is 37.1 Å². The highest BCUT2D eigenvalue weighted by Crippen LogP contribution is 2.24. The molecular formula is C14H18F3NO3. The van der Waals surface area contributed by atoms with E-state index in [-0.39, 0.29) is 11.9 Å². The molecule has 1 aliphatic rings. The minimum Gasteiger partial charge on any atom is -0.492 e. The second kappa shape index (κ2) is 7.51. The molecule has 1 heterocycles. The Kier molecular flexibility index (Phi) is 5.69. The molecule has 118 valence electrons. The standard InChI is InChI=1S/C14H18F3NO3/c15-14(16,17)21-12-5-3-11(4-6-12)20-9-7-18-10-13-2-1-8-19-13/h3-6,13,18H,1-2,7-10H2. The highest BCUT2D eigenvalue weighted by atomic mass is 19.4. The van der Waals surface area contributed by atoms with Crippen LogP contribution in [0.2, 0.25) is 0 Å². The van der Waals surface area contributed by atoms with Gasteiger partial charge in [-0.1, -0.05) is 0 Å². The third-order valence-corrected chi connectivity index (χ3v) is 3.00.